The molecule has 0 aliphatic carbocycles. The highest BCUT2D eigenvalue weighted by atomic mass is 19.1. The highest BCUT2D eigenvalue weighted by Crippen LogP contribution is 2.50. The summed E-state index contributed by atoms with van der Waals surface area (Å²) in [5.74, 6) is -1.40. The lowest BCUT2D eigenvalue weighted by Crippen LogP contribution is -2.29. The highest BCUT2D eigenvalue weighted by Gasteiger charge is 2.45. The summed E-state index contributed by atoms with van der Waals surface area (Å²) in [6, 6.07) is 53.4. The molecule has 20 heteroatoms. The molecule has 0 radical (unpaired) electrons. The Morgan fingerprint density at radius 1 is 0.370 bits per heavy atom. The normalized spacial score (nSPS) is 18.5. The molecule has 4 atom stereocenters. The molecular weight excluding hydrogens is 1370 g/mol. The first-order valence-electron chi connectivity index (χ1n) is 37.5. The fourth-order valence-corrected chi connectivity index (χ4v) is 14.9. The monoisotopic (exact) mass is 1470 g/mol. The zero-order chi connectivity index (χ0) is 77.4. The van der Waals surface area contributed by atoms with E-state index in [9.17, 15) is 27.2 Å². The number of hydrogen-bond acceptors (Lipinski definition) is 14. The predicted molar refractivity (Wildman–Crippen MR) is 415 cm³/mol. The minimum absolute atomic E-state index is 0.160. The maximum atomic E-state index is 13.8. The van der Waals surface area contributed by atoms with Gasteiger partial charge in [-0.2, -0.15) is 10.5 Å². The summed E-state index contributed by atoms with van der Waals surface area (Å²) in [6.45, 7) is 7.90. The summed E-state index contributed by atoms with van der Waals surface area (Å²) in [5.41, 5.74) is 22.2. The number of nitrogens with two attached hydrogens (primary N) is 2. The van der Waals surface area contributed by atoms with Crippen molar-refractivity contribution in [1.29, 1.82) is 10.5 Å². The first-order valence-corrected chi connectivity index (χ1v) is 37.5. The van der Waals surface area contributed by atoms with Gasteiger partial charge in [0.05, 0.1) is 49.7 Å². The molecule has 4 aliphatic heterocycles. The maximum Gasteiger partial charge on any atom is 0.251 e. The number of halogens is 4. The van der Waals surface area contributed by atoms with Crippen molar-refractivity contribution in [1.82, 2.24) is 30.2 Å². The Labute approximate surface area is 635 Å². The number of amides is 2. The molecule has 0 spiro atoms. The van der Waals surface area contributed by atoms with Gasteiger partial charge in [-0.15, -0.1) is 0 Å². The van der Waals surface area contributed by atoms with Crippen molar-refractivity contribution >= 4 is 11.8 Å². The van der Waals surface area contributed by atoms with Crippen LogP contribution < -0.4 is 22.1 Å². The van der Waals surface area contributed by atoms with Crippen molar-refractivity contribution in [3.8, 4) is 12.1 Å². The number of carbonyl (C=O) groups excluding carboxylic acids is 2. The zero-order valence-electron chi connectivity index (χ0n) is 63.9. The van der Waals surface area contributed by atoms with Gasteiger partial charge in [0.25, 0.3) is 11.8 Å². The van der Waals surface area contributed by atoms with Gasteiger partial charge in [-0.1, -0.05) is 72.8 Å². The molecule has 8 aromatic rings. The molecule has 0 fully saturated rings. The van der Waals surface area contributed by atoms with E-state index in [4.69, 9.17) is 40.9 Å². The topological polar surface area (TPSA) is 208 Å². The van der Waals surface area contributed by atoms with Crippen molar-refractivity contribution < 1.29 is 46.1 Å². The Hall–Kier alpha value is -9.00. The molecule has 0 bridgehead atoms. The van der Waals surface area contributed by atoms with Crippen LogP contribution in [0.3, 0.4) is 0 Å². The molecule has 4 heterocycles. The van der Waals surface area contributed by atoms with Crippen LogP contribution in [0.4, 0.5) is 17.6 Å². The van der Waals surface area contributed by atoms with Gasteiger partial charge in [0, 0.05) is 24.2 Å². The van der Waals surface area contributed by atoms with E-state index in [1.54, 1.807) is 48.5 Å². The third kappa shape index (κ3) is 20.9. The number of rotatable bonds is 30. The minimum atomic E-state index is -0.688. The van der Waals surface area contributed by atoms with E-state index < -0.39 is 22.4 Å². The molecule has 16 nitrogen and oxygen atoms in total. The van der Waals surface area contributed by atoms with Crippen molar-refractivity contribution in [3.63, 3.8) is 0 Å². The summed E-state index contributed by atoms with van der Waals surface area (Å²) in [6.07, 6.45) is 10.4. The zero-order valence-corrected chi connectivity index (χ0v) is 63.9. The molecular formula is C88H106F4N10O6. The Bertz CT molecular complexity index is 4060. The number of nitrogens with zero attached hydrogens (tertiary/aromatic N) is 6. The van der Waals surface area contributed by atoms with Crippen LogP contribution in [-0.4, -0.2) is 140 Å². The molecule has 108 heavy (non-hydrogen) atoms. The Morgan fingerprint density at radius 2 is 0.620 bits per heavy atom. The van der Waals surface area contributed by atoms with Crippen molar-refractivity contribution in [2.24, 2.45) is 11.5 Å². The fourth-order valence-electron chi connectivity index (χ4n) is 14.9. The van der Waals surface area contributed by atoms with Gasteiger partial charge >= 0.3 is 0 Å². The summed E-state index contributed by atoms with van der Waals surface area (Å²) >= 11 is 0. The van der Waals surface area contributed by atoms with E-state index in [0.717, 1.165) is 170 Å². The van der Waals surface area contributed by atoms with Gasteiger partial charge in [-0.05, 0) is 337 Å². The van der Waals surface area contributed by atoms with Crippen molar-refractivity contribution in [3.05, 3.63) is 282 Å². The van der Waals surface area contributed by atoms with E-state index in [1.165, 1.54) is 48.5 Å². The smallest absolute Gasteiger partial charge is 0.251 e. The third-order valence-corrected chi connectivity index (χ3v) is 20.5. The molecule has 2 amide bonds. The summed E-state index contributed by atoms with van der Waals surface area (Å²) in [7, 11) is 16.3. The van der Waals surface area contributed by atoms with Gasteiger partial charge in [-0.25, -0.2) is 17.6 Å². The summed E-state index contributed by atoms with van der Waals surface area (Å²) < 4.78 is 79.8. The standard InChI is InChI=1S/C44H52F2N4O4.2C20H21FN2O.C4H12N2/c1-49(2)25-7-21-43(35-11-15-37(45)16-12-35)39-19-9-31(27-33(39)29-53-43)41(51)47-23-5-6-24-48-42(52)32-10-20-40-34(28-32)30-54-44(40,22-8-26-50(3)4)36-13-17-38(46)18-14-36;2*1-23(2)11-3-10-20(17-5-7-18(21)8-6-17)19-9-4-15(13-22)12-16(19)14-24-20;5-3-1-2-4-6/h9-20,27-28H,5-8,21-26,29-30H2,1-4H3,(H,47,51)(H,48,52);2*4-9,12H,3,10-11,14H2,1-2H3;1-6H2. The summed E-state index contributed by atoms with van der Waals surface area (Å²) in [5, 5.41) is 24.2. The fraction of sp³-hybridized carbons (Fsp3) is 0.409. The van der Waals surface area contributed by atoms with Crippen LogP contribution in [0.25, 0.3) is 0 Å². The lowest BCUT2D eigenvalue weighted by atomic mass is 9.81. The average Bonchev–Trinajstić information content (AvgIpc) is 1.60. The lowest BCUT2D eigenvalue weighted by Gasteiger charge is -2.31. The lowest BCUT2D eigenvalue weighted by molar-refractivity contribution is -0.0141. The number of carbonyl (C=O) groups is 2. The molecule has 0 aromatic heterocycles. The first-order chi connectivity index (χ1) is 52.0. The van der Waals surface area contributed by atoms with Crippen LogP contribution in [0.5, 0.6) is 0 Å². The maximum absolute atomic E-state index is 13.8. The van der Waals surface area contributed by atoms with Gasteiger partial charge in [0.2, 0.25) is 0 Å². The second-order valence-electron chi connectivity index (χ2n) is 29.3. The molecule has 6 N–H and O–H groups in total. The number of fused-ring (bicyclic) bond motifs is 4. The molecule has 4 unspecified atom stereocenters. The SMILES string of the molecule is CN(C)CCCC1(c2ccc(F)cc2)OCc2cc(C#N)ccc21.CN(C)CCCC1(c2ccc(F)cc2)OCc2cc(C#N)ccc21.CN(C)CCCC1(c2ccc(F)cc2)OCc2cc(C(=O)NCCCCNC(=O)c3ccc4c(c3)COC4(CCCN(C)C)c3ccc(F)cc3)ccc21.NCCCCN. The predicted octanol–water partition coefficient (Wildman–Crippen LogP) is 14.4. The van der Waals surface area contributed by atoms with Crippen LogP contribution in [0.1, 0.15) is 176 Å². The van der Waals surface area contributed by atoms with Gasteiger partial charge in [0.15, 0.2) is 0 Å². The van der Waals surface area contributed by atoms with Gasteiger partial charge < -0.3 is 60.6 Å². The van der Waals surface area contributed by atoms with Crippen LogP contribution in [0.15, 0.2) is 170 Å². The molecule has 8 aromatic carbocycles. The number of hydrogen-bond donors (Lipinski definition) is 4. The van der Waals surface area contributed by atoms with E-state index in [2.05, 4.69) is 42.4 Å². The van der Waals surface area contributed by atoms with E-state index in [0.29, 0.717) is 74.6 Å². The number of unbranched alkanes of at least 4 members (excludes halogenated alkanes) is 2. The number of nitriles is 2. The number of nitrogens with one attached hydrogen (secondary N) is 2. The van der Waals surface area contributed by atoms with Crippen molar-refractivity contribution in [2.45, 2.75) is 126 Å². The minimum Gasteiger partial charge on any atom is -0.361 e. The van der Waals surface area contributed by atoms with Crippen LogP contribution in [-0.2, 0) is 67.8 Å². The Morgan fingerprint density at radius 3 is 0.861 bits per heavy atom. The molecule has 4 aliphatic rings. The van der Waals surface area contributed by atoms with Crippen LogP contribution in [0, 0.1) is 45.9 Å². The van der Waals surface area contributed by atoms with E-state index in [1.807, 2.05) is 129 Å². The number of benzene rings is 8. The van der Waals surface area contributed by atoms with Gasteiger partial charge in [0.1, 0.15) is 45.7 Å². The number of ether oxygens (including phenoxy) is 4. The van der Waals surface area contributed by atoms with Crippen molar-refractivity contribution in [2.75, 3.05) is 109 Å². The summed E-state index contributed by atoms with van der Waals surface area (Å²) in [4.78, 5) is 34.8. The third-order valence-electron chi connectivity index (χ3n) is 20.5. The molecule has 0 saturated heterocycles. The quantitative estimate of drug-likeness (QED) is 0.0244. The van der Waals surface area contributed by atoms with Crippen LogP contribution in [0.2, 0.25) is 0 Å². The van der Waals surface area contributed by atoms with Gasteiger partial charge in [-0.3, -0.25) is 9.59 Å². The largest absolute Gasteiger partial charge is 0.361 e. The Balaban J connectivity index is 0.000000204. The van der Waals surface area contributed by atoms with Crippen LogP contribution >= 0.6 is 0 Å². The average molecular weight is 1480 g/mol. The highest BCUT2D eigenvalue weighted by molar-refractivity contribution is 5.95. The van der Waals surface area contributed by atoms with E-state index in [-0.39, 0.29) is 35.1 Å². The molecule has 572 valence electrons. The molecule has 12 rings (SSSR count). The first kappa shape index (κ1) is 83.0. The second kappa shape index (κ2) is 39.4. The Kier molecular flexibility index (Phi) is 30.3. The second-order valence-corrected chi connectivity index (χ2v) is 29.3. The van der Waals surface area contributed by atoms with E-state index >= 15 is 0 Å². The molecule has 0 saturated carbocycles.